The second-order valence-corrected chi connectivity index (χ2v) is 5.59. The highest BCUT2D eigenvalue weighted by molar-refractivity contribution is 5.97. The number of benzene rings is 1. The minimum absolute atomic E-state index is 0.275. The quantitative estimate of drug-likeness (QED) is 0.592. The van der Waals surface area contributed by atoms with Crippen molar-refractivity contribution in [2.75, 3.05) is 0 Å². The Morgan fingerprint density at radius 2 is 1.96 bits per heavy atom. The first-order chi connectivity index (χ1) is 11.6. The summed E-state index contributed by atoms with van der Waals surface area (Å²) in [4.78, 5) is 26.9. The minimum atomic E-state index is -0.791. The molecule has 1 aromatic carbocycles. The molecule has 0 atom stereocenters. The first kappa shape index (κ1) is 15.9. The van der Waals surface area contributed by atoms with Gasteiger partial charge in [-0.05, 0) is 43.4 Å². The van der Waals surface area contributed by atoms with Crippen molar-refractivity contribution in [1.29, 1.82) is 0 Å². The third-order valence-electron chi connectivity index (χ3n) is 3.96. The molecule has 0 fully saturated rings. The molecule has 1 amide bonds. The van der Waals surface area contributed by atoms with E-state index in [2.05, 4.69) is 15.5 Å². The number of rotatable bonds is 3. The monoisotopic (exact) mass is 329 g/mol. The number of hydrazone groups is 1. The predicted octanol–water partition coefficient (Wildman–Crippen LogP) is 1.86. The zero-order valence-corrected chi connectivity index (χ0v) is 12.8. The lowest BCUT2D eigenvalue weighted by Gasteiger charge is -2.17. The van der Waals surface area contributed by atoms with Gasteiger partial charge in [-0.1, -0.05) is 12.1 Å². The Bertz CT molecular complexity index is 857. The van der Waals surface area contributed by atoms with Gasteiger partial charge in [-0.3, -0.25) is 9.59 Å². The third kappa shape index (κ3) is 3.19. The van der Waals surface area contributed by atoms with Gasteiger partial charge in [0.15, 0.2) is 0 Å². The summed E-state index contributed by atoms with van der Waals surface area (Å²) in [5.74, 6) is -1.44. The summed E-state index contributed by atoms with van der Waals surface area (Å²) >= 11 is 0. The van der Waals surface area contributed by atoms with Crippen LogP contribution >= 0.6 is 0 Å². The molecule has 0 aliphatic heterocycles. The minimum Gasteiger partial charge on any atom is -0.507 e. The van der Waals surface area contributed by atoms with Gasteiger partial charge >= 0.3 is 0 Å². The van der Waals surface area contributed by atoms with Crippen molar-refractivity contribution in [3.05, 3.63) is 62.8 Å². The molecule has 6 nitrogen and oxygen atoms in total. The molecule has 1 heterocycles. The molecule has 3 N–H and O–H groups in total. The maximum atomic E-state index is 12.8. The number of aromatic nitrogens is 1. The zero-order chi connectivity index (χ0) is 17.1. The van der Waals surface area contributed by atoms with Crippen LogP contribution < -0.4 is 11.0 Å². The second kappa shape index (κ2) is 6.66. The van der Waals surface area contributed by atoms with E-state index < -0.39 is 11.5 Å². The molecule has 0 saturated carbocycles. The van der Waals surface area contributed by atoms with Crippen LogP contribution in [0, 0.1) is 5.82 Å². The lowest BCUT2D eigenvalue weighted by Crippen LogP contribution is -2.29. The highest BCUT2D eigenvalue weighted by Gasteiger charge is 2.23. The topological polar surface area (TPSA) is 94.5 Å². The lowest BCUT2D eigenvalue weighted by atomic mass is 9.94. The SMILES string of the molecule is O=C(NN=Cc1ccc(F)cc1)c1c(O)c2c([nH]c1=O)CCCC2. The Hall–Kier alpha value is -2.96. The molecule has 3 rings (SSSR count). The average molecular weight is 329 g/mol. The van der Waals surface area contributed by atoms with Crippen LogP contribution in [0.25, 0.3) is 0 Å². The van der Waals surface area contributed by atoms with Crippen LogP contribution in [0.3, 0.4) is 0 Å². The second-order valence-electron chi connectivity index (χ2n) is 5.59. The Balaban J connectivity index is 1.80. The van der Waals surface area contributed by atoms with Gasteiger partial charge in [0.1, 0.15) is 17.1 Å². The van der Waals surface area contributed by atoms with Crippen molar-refractivity contribution in [2.24, 2.45) is 5.10 Å². The Morgan fingerprint density at radius 1 is 1.25 bits per heavy atom. The number of carbonyl (C=O) groups is 1. The van der Waals surface area contributed by atoms with Crippen LogP contribution in [-0.2, 0) is 12.8 Å². The van der Waals surface area contributed by atoms with Crippen molar-refractivity contribution in [2.45, 2.75) is 25.7 Å². The zero-order valence-electron chi connectivity index (χ0n) is 12.8. The van der Waals surface area contributed by atoms with Crippen molar-refractivity contribution in [3.63, 3.8) is 0 Å². The number of aryl methyl sites for hydroxylation is 1. The molecule has 0 saturated heterocycles. The largest absolute Gasteiger partial charge is 0.507 e. The number of fused-ring (bicyclic) bond motifs is 1. The van der Waals surface area contributed by atoms with Crippen LogP contribution in [0.15, 0.2) is 34.2 Å². The third-order valence-corrected chi connectivity index (χ3v) is 3.96. The van der Waals surface area contributed by atoms with E-state index in [4.69, 9.17) is 0 Å². The van der Waals surface area contributed by atoms with Gasteiger partial charge in [0.25, 0.3) is 11.5 Å². The number of nitrogens with zero attached hydrogens (tertiary/aromatic N) is 1. The molecule has 0 spiro atoms. The predicted molar refractivity (Wildman–Crippen MR) is 86.8 cm³/mol. The number of nitrogens with one attached hydrogen (secondary N) is 2. The van der Waals surface area contributed by atoms with E-state index in [1.54, 1.807) is 0 Å². The highest BCUT2D eigenvalue weighted by Crippen LogP contribution is 2.28. The van der Waals surface area contributed by atoms with Gasteiger partial charge in [0, 0.05) is 11.3 Å². The van der Waals surface area contributed by atoms with Crippen LogP contribution in [0.2, 0.25) is 0 Å². The summed E-state index contributed by atoms with van der Waals surface area (Å²) < 4.78 is 12.8. The molecule has 2 aromatic rings. The molecule has 1 aromatic heterocycles. The molecular weight excluding hydrogens is 313 g/mol. The van der Waals surface area contributed by atoms with E-state index in [-0.39, 0.29) is 17.1 Å². The summed E-state index contributed by atoms with van der Waals surface area (Å²) in [6.07, 6.45) is 4.47. The number of aromatic amines is 1. The Labute approximate surface area is 137 Å². The molecule has 124 valence electrons. The number of pyridine rings is 1. The van der Waals surface area contributed by atoms with Gasteiger partial charge in [-0.15, -0.1) is 0 Å². The number of aromatic hydroxyl groups is 1. The fourth-order valence-corrected chi connectivity index (χ4v) is 2.74. The van der Waals surface area contributed by atoms with Gasteiger partial charge in [0.05, 0.1) is 6.21 Å². The molecule has 7 heteroatoms. The van der Waals surface area contributed by atoms with Gasteiger partial charge in [-0.25, -0.2) is 9.82 Å². The normalized spacial score (nSPS) is 13.7. The number of carbonyl (C=O) groups excluding carboxylic acids is 1. The molecule has 0 bridgehead atoms. The van der Waals surface area contributed by atoms with Gasteiger partial charge in [-0.2, -0.15) is 5.10 Å². The molecule has 24 heavy (non-hydrogen) atoms. The summed E-state index contributed by atoms with van der Waals surface area (Å²) in [6, 6.07) is 5.52. The van der Waals surface area contributed by atoms with Crippen molar-refractivity contribution >= 4 is 12.1 Å². The Kier molecular flexibility index (Phi) is 4.41. The first-order valence-corrected chi connectivity index (χ1v) is 7.62. The Morgan fingerprint density at radius 3 is 2.71 bits per heavy atom. The van der Waals surface area contributed by atoms with Gasteiger partial charge in [0.2, 0.25) is 0 Å². The number of halogens is 1. The van der Waals surface area contributed by atoms with Crippen LogP contribution in [0.5, 0.6) is 5.75 Å². The number of amides is 1. The summed E-state index contributed by atoms with van der Waals surface area (Å²) in [7, 11) is 0. The van der Waals surface area contributed by atoms with E-state index in [1.165, 1.54) is 30.5 Å². The highest BCUT2D eigenvalue weighted by atomic mass is 19.1. The van der Waals surface area contributed by atoms with E-state index in [0.717, 1.165) is 12.8 Å². The summed E-state index contributed by atoms with van der Waals surface area (Å²) in [5, 5.41) is 14.0. The molecule has 1 aliphatic rings. The molecule has 0 radical (unpaired) electrons. The van der Waals surface area contributed by atoms with Crippen LogP contribution in [0.1, 0.15) is 40.0 Å². The number of H-pyrrole nitrogens is 1. The smallest absolute Gasteiger partial charge is 0.280 e. The van der Waals surface area contributed by atoms with Crippen molar-refractivity contribution in [3.8, 4) is 5.75 Å². The van der Waals surface area contributed by atoms with E-state index in [0.29, 0.717) is 29.7 Å². The maximum Gasteiger partial charge on any atom is 0.280 e. The van der Waals surface area contributed by atoms with Crippen molar-refractivity contribution in [1.82, 2.24) is 10.4 Å². The number of hydrogen-bond donors (Lipinski definition) is 3. The fraction of sp³-hybridized carbons (Fsp3) is 0.235. The number of hydrogen-bond acceptors (Lipinski definition) is 4. The van der Waals surface area contributed by atoms with Gasteiger partial charge < -0.3 is 10.1 Å². The molecule has 0 unspecified atom stereocenters. The average Bonchev–Trinajstić information content (AvgIpc) is 2.57. The summed E-state index contributed by atoms with van der Waals surface area (Å²) in [5.41, 5.74) is 3.12. The van der Waals surface area contributed by atoms with E-state index in [1.807, 2.05) is 0 Å². The maximum absolute atomic E-state index is 12.8. The van der Waals surface area contributed by atoms with E-state index in [9.17, 15) is 19.1 Å². The van der Waals surface area contributed by atoms with Crippen LogP contribution in [-0.4, -0.2) is 22.2 Å². The van der Waals surface area contributed by atoms with E-state index >= 15 is 0 Å². The standard InChI is InChI=1S/C17H16FN3O3/c18-11-7-5-10(6-8-11)9-19-21-17(24)14-15(22)12-3-1-2-4-13(12)20-16(14)23/h5-9H,1-4H2,(H,21,24)(H2,20,22,23). The lowest BCUT2D eigenvalue weighted by molar-refractivity contribution is 0.0950. The first-order valence-electron chi connectivity index (χ1n) is 7.62. The van der Waals surface area contributed by atoms with Crippen molar-refractivity contribution < 1.29 is 14.3 Å². The summed E-state index contributed by atoms with van der Waals surface area (Å²) in [6.45, 7) is 0. The molecule has 1 aliphatic carbocycles. The molecular formula is C17H16FN3O3. The fourth-order valence-electron chi connectivity index (χ4n) is 2.74. The van der Waals surface area contributed by atoms with Crippen LogP contribution in [0.4, 0.5) is 4.39 Å².